The van der Waals surface area contributed by atoms with Gasteiger partial charge < -0.3 is 14.2 Å². The normalized spacial score (nSPS) is 10.8. The third-order valence-corrected chi connectivity index (χ3v) is 5.16. The molecule has 0 amide bonds. The fourth-order valence-electron chi connectivity index (χ4n) is 3.39. The Labute approximate surface area is 184 Å². The van der Waals surface area contributed by atoms with Crippen LogP contribution >= 0.6 is 11.6 Å². The molecule has 4 aromatic rings. The number of hydrogen-bond acceptors (Lipinski definition) is 5. The Morgan fingerprint density at radius 3 is 2.26 bits per heavy atom. The molecular formula is C24H21ClN2O4. The Bertz CT molecular complexity index is 1250. The molecule has 0 N–H and O–H groups in total. The Balaban J connectivity index is 1.72. The van der Waals surface area contributed by atoms with Crippen molar-refractivity contribution in [2.75, 3.05) is 20.8 Å². The van der Waals surface area contributed by atoms with Crippen molar-refractivity contribution < 1.29 is 14.2 Å². The van der Waals surface area contributed by atoms with Gasteiger partial charge in [0.1, 0.15) is 12.4 Å². The monoisotopic (exact) mass is 436 g/mol. The first kappa shape index (κ1) is 20.8. The predicted molar refractivity (Wildman–Crippen MR) is 121 cm³/mol. The van der Waals surface area contributed by atoms with Gasteiger partial charge in [0.2, 0.25) is 5.75 Å². The van der Waals surface area contributed by atoms with Crippen molar-refractivity contribution in [2.45, 2.75) is 6.54 Å². The largest absolute Gasteiger partial charge is 0.493 e. The van der Waals surface area contributed by atoms with E-state index in [4.69, 9.17) is 30.8 Å². The van der Waals surface area contributed by atoms with Crippen LogP contribution in [0.15, 0.2) is 71.5 Å². The van der Waals surface area contributed by atoms with Crippen LogP contribution in [-0.2, 0) is 6.54 Å². The summed E-state index contributed by atoms with van der Waals surface area (Å²) in [4.78, 5) is 18.0. The van der Waals surface area contributed by atoms with E-state index in [1.165, 1.54) is 0 Å². The number of fused-ring (bicyclic) bond motifs is 1. The quantitative estimate of drug-likeness (QED) is 0.416. The number of halogens is 1. The molecule has 6 nitrogen and oxygen atoms in total. The van der Waals surface area contributed by atoms with Gasteiger partial charge in [0, 0.05) is 10.6 Å². The number of ether oxygens (including phenoxy) is 3. The fraction of sp³-hybridized carbons (Fsp3) is 0.167. The zero-order valence-electron chi connectivity index (χ0n) is 17.2. The second kappa shape index (κ2) is 9.10. The summed E-state index contributed by atoms with van der Waals surface area (Å²) in [5.41, 5.74) is 1.30. The molecule has 0 unspecified atom stereocenters. The summed E-state index contributed by atoms with van der Waals surface area (Å²) < 4.78 is 18.3. The molecule has 0 fully saturated rings. The lowest BCUT2D eigenvalue weighted by molar-refractivity contribution is 0.262. The van der Waals surface area contributed by atoms with Gasteiger partial charge in [0.05, 0.1) is 31.7 Å². The highest BCUT2D eigenvalue weighted by Gasteiger charge is 2.15. The highest BCUT2D eigenvalue weighted by molar-refractivity contribution is 6.30. The smallest absolute Gasteiger partial charge is 0.261 e. The molecule has 0 bridgehead atoms. The first-order chi connectivity index (χ1) is 15.1. The van der Waals surface area contributed by atoms with Crippen molar-refractivity contribution in [2.24, 2.45) is 0 Å². The van der Waals surface area contributed by atoms with Crippen molar-refractivity contribution in [1.29, 1.82) is 0 Å². The van der Waals surface area contributed by atoms with E-state index in [2.05, 4.69) is 0 Å². The van der Waals surface area contributed by atoms with Crippen LogP contribution in [0.25, 0.3) is 22.3 Å². The molecular weight excluding hydrogens is 416 g/mol. The molecule has 0 aliphatic heterocycles. The van der Waals surface area contributed by atoms with E-state index in [1.54, 1.807) is 49.1 Å². The number of hydrogen-bond donors (Lipinski definition) is 0. The standard InChI is InChI=1S/C24H21ClN2O4/c1-29-20-8-5-9-21(30-2)22(20)31-15-14-27-23(16-10-12-17(25)13-11-16)26-19-7-4-3-6-18(19)24(27)28/h3-13H,14-15H2,1-2H3. The molecule has 31 heavy (non-hydrogen) atoms. The zero-order chi connectivity index (χ0) is 21.8. The lowest BCUT2D eigenvalue weighted by atomic mass is 10.2. The highest BCUT2D eigenvalue weighted by Crippen LogP contribution is 2.36. The minimum absolute atomic E-state index is 0.133. The number of aromatic nitrogens is 2. The summed E-state index contributed by atoms with van der Waals surface area (Å²) in [6.07, 6.45) is 0. The van der Waals surface area contributed by atoms with Crippen LogP contribution in [0.2, 0.25) is 5.02 Å². The molecule has 0 saturated carbocycles. The van der Waals surface area contributed by atoms with Gasteiger partial charge in [-0.15, -0.1) is 0 Å². The number of para-hydroxylation sites is 2. The fourth-order valence-corrected chi connectivity index (χ4v) is 3.52. The topological polar surface area (TPSA) is 62.6 Å². The first-order valence-electron chi connectivity index (χ1n) is 9.71. The Morgan fingerprint density at radius 1 is 0.903 bits per heavy atom. The second-order valence-corrected chi connectivity index (χ2v) is 7.19. The van der Waals surface area contributed by atoms with E-state index in [0.717, 1.165) is 5.56 Å². The maximum atomic E-state index is 13.3. The number of benzene rings is 3. The number of methoxy groups -OCH3 is 2. The van der Waals surface area contributed by atoms with Crippen LogP contribution in [0.3, 0.4) is 0 Å². The molecule has 0 saturated heterocycles. The lowest BCUT2D eigenvalue weighted by Crippen LogP contribution is -2.26. The van der Waals surface area contributed by atoms with Crippen molar-refractivity contribution in [1.82, 2.24) is 9.55 Å². The van der Waals surface area contributed by atoms with Crippen molar-refractivity contribution >= 4 is 22.5 Å². The third kappa shape index (κ3) is 4.20. The molecule has 4 rings (SSSR count). The summed E-state index contributed by atoms with van der Waals surface area (Å²) in [6.45, 7) is 0.507. The van der Waals surface area contributed by atoms with Gasteiger partial charge in [-0.05, 0) is 48.5 Å². The Morgan fingerprint density at radius 2 is 1.58 bits per heavy atom. The summed E-state index contributed by atoms with van der Waals surface area (Å²) in [5, 5.41) is 1.17. The van der Waals surface area contributed by atoms with Gasteiger partial charge in [0.15, 0.2) is 11.5 Å². The van der Waals surface area contributed by atoms with E-state index in [9.17, 15) is 4.79 Å². The average molecular weight is 437 g/mol. The molecule has 1 heterocycles. The van der Waals surface area contributed by atoms with Gasteiger partial charge in [-0.25, -0.2) is 4.98 Å². The molecule has 0 aliphatic rings. The van der Waals surface area contributed by atoms with Gasteiger partial charge in [-0.3, -0.25) is 9.36 Å². The minimum Gasteiger partial charge on any atom is -0.493 e. The first-order valence-corrected chi connectivity index (χ1v) is 10.1. The van der Waals surface area contributed by atoms with Crippen molar-refractivity contribution in [3.05, 3.63) is 82.1 Å². The van der Waals surface area contributed by atoms with Gasteiger partial charge in [-0.2, -0.15) is 0 Å². The zero-order valence-corrected chi connectivity index (χ0v) is 17.9. The van der Waals surface area contributed by atoms with E-state index < -0.39 is 0 Å². The summed E-state index contributed by atoms with van der Waals surface area (Å²) in [5.74, 6) is 2.15. The molecule has 0 atom stereocenters. The second-order valence-electron chi connectivity index (χ2n) is 6.76. The summed E-state index contributed by atoms with van der Waals surface area (Å²) >= 11 is 6.04. The Kier molecular flexibility index (Phi) is 6.09. The molecule has 0 spiro atoms. The molecule has 158 valence electrons. The van der Waals surface area contributed by atoms with Gasteiger partial charge in [-0.1, -0.05) is 29.8 Å². The van der Waals surface area contributed by atoms with E-state index >= 15 is 0 Å². The van der Waals surface area contributed by atoms with Crippen LogP contribution in [-0.4, -0.2) is 30.4 Å². The van der Waals surface area contributed by atoms with E-state index in [-0.39, 0.29) is 18.7 Å². The highest BCUT2D eigenvalue weighted by atomic mass is 35.5. The minimum atomic E-state index is -0.133. The van der Waals surface area contributed by atoms with Crippen LogP contribution < -0.4 is 19.8 Å². The SMILES string of the molecule is COc1cccc(OC)c1OCCn1c(-c2ccc(Cl)cc2)nc2ccccc2c1=O. The van der Waals surface area contributed by atoms with Crippen LogP contribution in [0.4, 0.5) is 0 Å². The van der Waals surface area contributed by atoms with Crippen molar-refractivity contribution in [3.8, 4) is 28.6 Å². The lowest BCUT2D eigenvalue weighted by Gasteiger charge is -2.17. The maximum Gasteiger partial charge on any atom is 0.261 e. The van der Waals surface area contributed by atoms with Gasteiger partial charge >= 0.3 is 0 Å². The molecule has 3 aromatic carbocycles. The van der Waals surface area contributed by atoms with Crippen LogP contribution in [0.1, 0.15) is 0 Å². The molecule has 0 radical (unpaired) electrons. The van der Waals surface area contributed by atoms with Crippen LogP contribution in [0.5, 0.6) is 17.2 Å². The Hall–Kier alpha value is -3.51. The van der Waals surface area contributed by atoms with E-state index in [0.29, 0.717) is 39.0 Å². The summed E-state index contributed by atoms with van der Waals surface area (Å²) in [7, 11) is 3.13. The van der Waals surface area contributed by atoms with Crippen LogP contribution in [0, 0.1) is 0 Å². The average Bonchev–Trinajstić information content (AvgIpc) is 2.81. The molecule has 1 aromatic heterocycles. The third-order valence-electron chi connectivity index (χ3n) is 4.91. The molecule has 0 aliphatic carbocycles. The number of nitrogens with zero attached hydrogens (tertiary/aromatic N) is 2. The predicted octanol–water partition coefficient (Wildman–Crippen LogP) is 4.81. The molecule has 7 heteroatoms. The number of rotatable bonds is 7. The van der Waals surface area contributed by atoms with E-state index in [1.807, 2.05) is 36.4 Å². The summed E-state index contributed by atoms with van der Waals surface area (Å²) in [6, 6.07) is 19.9. The van der Waals surface area contributed by atoms with Gasteiger partial charge in [0.25, 0.3) is 5.56 Å². The maximum absolute atomic E-state index is 13.3. The van der Waals surface area contributed by atoms with Crippen molar-refractivity contribution in [3.63, 3.8) is 0 Å².